The number of hydrogen-bond acceptors (Lipinski definition) is 7. The Kier molecular flexibility index (Phi) is 9.05. The number of aliphatic hydroxyl groups excluding tert-OH is 1. The van der Waals surface area contributed by atoms with E-state index in [1.54, 1.807) is 17.6 Å². The van der Waals surface area contributed by atoms with Gasteiger partial charge in [0.1, 0.15) is 0 Å². The lowest BCUT2D eigenvalue weighted by molar-refractivity contribution is 0.0706. The highest BCUT2D eigenvalue weighted by Gasteiger charge is 2.19. The van der Waals surface area contributed by atoms with Crippen molar-refractivity contribution in [3.63, 3.8) is 0 Å². The maximum atomic E-state index is 11.6. The van der Waals surface area contributed by atoms with Crippen molar-refractivity contribution < 1.29 is 19.8 Å². The van der Waals surface area contributed by atoms with Crippen LogP contribution in [0.1, 0.15) is 33.1 Å². The van der Waals surface area contributed by atoms with E-state index in [-0.39, 0.29) is 12.6 Å². The molecule has 1 aliphatic heterocycles. The molecular formula is C28H34N4O4. The van der Waals surface area contributed by atoms with E-state index in [4.69, 9.17) is 15.1 Å². The van der Waals surface area contributed by atoms with Crippen molar-refractivity contribution in [2.24, 2.45) is 0 Å². The Hall–Kier alpha value is -3.27. The Labute approximate surface area is 211 Å². The van der Waals surface area contributed by atoms with E-state index < -0.39 is 5.91 Å². The topological polar surface area (TPSA) is 106 Å². The molecule has 1 amide bonds. The van der Waals surface area contributed by atoms with E-state index in [0.29, 0.717) is 31.9 Å². The number of rotatable bonds is 10. The van der Waals surface area contributed by atoms with Crippen molar-refractivity contribution in [3.8, 4) is 11.1 Å². The van der Waals surface area contributed by atoms with Crippen LogP contribution in [0.3, 0.4) is 0 Å². The minimum Gasteiger partial charge on any atom is -0.395 e. The van der Waals surface area contributed by atoms with Crippen LogP contribution in [0, 0.1) is 0 Å². The molecule has 1 unspecified atom stereocenters. The first kappa shape index (κ1) is 25.8. The van der Waals surface area contributed by atoms with Crippen molar-refractivity contribution in [1.29, 1.82) is 0 Å². The first-order valence-corrected chi connectivity index (χ1v) is 12.2. The van der Waals surface area contributed by atoms with E-state index >= 15 is 0 Å². The third-order valence-corrected chi connectivity index (χ3v) is 6.37. The molecule has 5 N–H and O–H groups in total. The normalized spacial score (nSPS) is 15.6. The first-order valence-electron chi connectivity index (χ1n) is 12.2. The van der Waals surface area contributed by atoms with Crippen LogP contribution in [0.15, 0.2) is 66.7 Å². The van der Waals surface area contributed by atoms with Crippen molar-refractivity contribution in [2.75, 3.05) is 45.3 Å². The molecule has 8 nitrogen and oxygen atoms in total. The zero-order chi connectivity index (χ0) is 25.3. The lowest BCUT2D eigenvalue weighted by atomic mass is 9.96. The Morgan fingerprint density at radius 1 is 1.06 bits per heavy atom. The molecule has 3 aromatic carbocycles. The highest BCUT2D eigenvalue weighted by molar-refractivity contribution is 5.93. The van der Waals surface area contributed by atoms with Gasteiger partial charge in [0.25, 0.3) is 5.91 Å². The van der Waals surface area contributed by atoms with Gasteiger partial charge in [0.05, 0.1) is 25.9 Å². The Morgan fingerprint density at radius 2 is 1.78 bits per heavy atom. The summed E-state index contributed by atoms with van der Waals surface area (Å²) < 4.78 is 5.75. The molecule has 0 aromatic heterocycles. The van der Waals surface area contributed by atoms with Crippen molar-refractivity contribution in [1.82, 2.24) is 15.7 Å². The molecule has 36 heavy (non-hydrogen) atoms. The molecule has 8 heteroatoms. The van der Waals surface area contributed by atoms with Gasteiger partial charge in [-0.2, -0.15) is 0 Å². The second-order valence-corrected chi connectivity index (χ2v) is 9.03. The van der Waals surface area contributed by atoms with Crippen LogP contribution < -0.4 is 16.1 Å². The first-order chi connectivity index (χ1) is 17.6. The average molecular weight is 491 g/mol. The number of ether oxygens (including phenoxy) is 1. The van der Waals surface area contributed by atoms with E-state index in [0.717, 1.165) is 41.0 Å². The highest BCUT2D eigenvalue weighted by atomic mass is 16.5. The van der Waals surface area contributed by atoms with Gasteiger partial charge in [-0.05, 0) is 59.1 Å². The number of morpholine rings is 1. The summed E-state index contributed by atoms with van der Waals surface area (Å²) in [7, 11) is 2.00. The summed E-state index contributed by atoms with van der Waals surface area (Å²) in [6, 6.07) is 22.2. The van der Waals surface area contributed by atoms with E-state index in [9.17, 15) is 4.79 Å². The Bertz CT molecular complexity index is 1130. The molecule has 1 heterocycles. The fourth-order valence-electron chi connectivity index (χ4n) is 4.36. The van der Waals surface area contributed by atoms with Crippen LogP contribution in [0.25, 0.3) is 11.1 Å². The lowest BCUT2D eigenvalue weighted by Crippen LogP contribution is -2.35. The molecular weight excluding hydrogens is 456 g/mol. The number of likely N-dealkylation sites (N-methyl/N-ethyl adjacent to an activating group) is 1. The van der Waals surface area contributed by atoms with Crippen LogP contribution >= 0.6 is 0 Å². The van der Waals surface area contributed by atoms with Gasteiger partial charge in [-0.15, -0.1) is 0 Å². The minimum atomic E-state index is -0.527. The van der Waals surface area contributed by atoms with Crippen LogP contribution in [0.2, 0.25) is 0 Å². The molecule has 1 atom stereocenters. The molecule has 0 aliphatic carbocycles. The van der Waals surface area contributed by atoms with Crippen molar-refractivity contribution in [3.05, 3.63) is 89.0 Å². The fraction of sp³-hybridized carbons (Fsp3) is 0.321. The number of nitrogens with zero attached hydrogens (tertiary/aromatic N) is 1. The summed E-state index contributed by atoms with van der Waals surface area (Å²) in [6.45, 7) is 4.32. The zero-order valence-corrected chi connectivity index (χ0v) is 20.5. The van der Waals surface area contributed by atoms with Crippen molar-refractivity contribution in [2.45, 2.75) is 19.1 Å². The molecule has 0 spiro atoms. The predicted octanol–water partition coefficient (Wildman–Crippen LogP) is 3.17. The Morgan fingerprint density at radius 3 is 2.44 bits per heavy atom. The van der Waals surface area contributed by atoms with E-state index in [2.05, 4.69) is 58.0 Å². The Balaban J connectivity index is 1.52. The summed E-state index contributed by atoms with van der Waals surface area (Å²) in [6.07, 6.45) is 0. The van der Waals surface area contributed by atoms with Gasteiger partial charge in [-0.25, -0.2) is 5.48 Å². The average Bonchev–Trinajstić information content (AvgIpc) is 2.93. The van der Waals surface area contributed by atoms with Crippen LogP contribution in [0.5, 0.6) is 0 Å². The number of carbonyl (C=O) groups excluding carboxylic acids is 1. The zero-order valence-electron chi connectivity index (χ0n) is 20.5. The maximum absolute atomic E-state index is 11.6. The number of hydrogen-bond donors (Lipinski definition) is 5. The molecule has 4 rings (SSSR count). The summed E-state index contributed by atoms with van der Waals surface area (Å²) in [5.41, 5.74) is 8.74. The maximum Gasteiger partial charge on any atom is 0.274 e. The van der Waals surface area contributed by atoms with Crippen LogP contribution in [-0.4, -0.2) is 61.1 Å². The standard InChI is InChI=1S/C28H34N4O4/c1-32(13-14-33)18-21-4-6-22(7-5-21)24-10-11-26(25(16-24)27-19-36-15-12-29-27)30-17-20-2-8-23(9-3-20)28(34)31-35/h2-11,16,27,29-30,33,35H,12-15,17-19H2,1H3,(H,31,34). The molecule has 1 fully saturated rings. The van der Waals surface area contributed by atoms with Gasteiger partial charge >= 0.3 is 0 Å². The summed E-state index contributed by atoms with van der Waals surface area (Å²) in [5.74, 6) is -0.527. The largest absolute Gasteiger partial charge is 0.395 e. The molecule has 1 aliphatic rings. The van der Waals surface area contributed by atoms with E-state index in [1.807, 2.05) is 19.2 Å². The smallest absolute Gasteiger partial charge is 0.274 e. The molecule has 0 radical (unpaired) electrons. The molecule has 3 aromatic rings. The number of benzene rings is 3. The monoisotopic (exact) mass is 490 g/mol. The van der Waals surface area contributed by atoms with E-state index in [1.165, 1.54) is 5.56 Å². The second-order valence-electron chi connectivity index (χ2n) is 9.03. The number of amides is 1. The van der Waals surface area contributed by atoms with Gasteiger partial charge in [0.15, 0.2) is 0 Å². The number of aliphatic hydroxyl groups is 1. The summed E-state index contributed by atoms with van der Waals surface area (Å²) in [5, 5.41) is 25.0. The lowest BCUT2D eigenvalue weighted by Gasteiger charge is -2.27. The van der Waals surface area contributed by atoms with Crippen molar-refractivity contribution >= 4 is 11.6 Å². The van der Waals surface area contributed by atoms with Gasteiger partial charge in [0, 0.05) is 37.4 Å². The third-order valence-electron chi connectivity index (χ3n) is 6.37. The molecule has 190 valence electrons. The predicted molar refractivity (Wildman–Crippen MR) is 140 cm³/mol. The summed E-state index contributed by atoms with van der Waals surface area (Å²) in [4.78, 5) is 13.7. The molecule has 1 saturated heterocycles. The third kappa shape index (κ3) is 6.69. The van der Waals surface area contributed by atoms with Gasteiger partial charge < -0.3 is 20.5 Å². The van der Waals surface area contributed by atoms with Gasteiger partial charge in [0.2, 0.25) is 0 Å². The number of hydroxylamine groups is 1. The fourth-order valence-corrected chi connectivity index (χ4v) is 4.36. The number of anilines is 1. The van der Waals surface area contributed by atoms with Crippen LogP contribution in [0.4, 0.5) is 5.69 Å². The number of nitrogens with one attached hydrogen (secondary N) is 3. The van der Waals surface area contributed by atoms with Gasteiger partial charge in [-0.3, -0.25) is 14.9 Å². The number of carbonyl (C=O) groups is 1. The highest BCUT2D eigenvalue weighted by Crippen LogP contribution is 2.31. The van der Waals surface area contributed by atoms with Crippen LogP contribution in [-0.2, 0) is 17.8 Å². The minimum absolute atomic E-state index is 0.0863. The molecule has 0 bridgehead atoms. The molecule has 0 saturated carbocycles. The quantitative estimate of drug-likeness (QED) is 0.220. The van der Waals surface area contributed by atoms with Gasteiger partial charge in [-0.1, -0.05) is 42.5 Å². The second kappa shape index (κ2) is 12.6. The summed E-state index contributed by atoms with van der Waals surface area (Å²) >= 11 is 0. The SMILES string of the molecule is CN(CCO)Cc1ccc(-c2ccc(NCc3ccc(C(=O)NO)cc3)c(C3COCCN3)c2)cc1.